The standard InChI is InChI=1S/C14H15NO2/c1-8(2)10-4-5-13-11(6-10)7-12(14(16)17)9(3)15-13/h4-8H,1-3H3,(H,16,17). The summed E-state index contributed by atoms with van der Waals surface area (Å²) in [6.07, 6.45) is 0. The summed E-state index contributed by atoms with van der Waals surface area (Å²) in [7, 11) is 0. The number of rotatable bonds is 2. The third kappa shape index (κ3) is 2.13. The summed E-state index contributed by atoms with van der Waals surface area (Å²) in [6, 6.07) is 7.70. The summed E-state index contributed by atoms with van der Waals surface area (Å²) in [6.45, 7) is 5.95. The third-order valence-electron chi connectivity index (χ3n) is 2.93. The number of pyridine rings is 1. The van der Waals surface area contributed by atoms with Crippen molar-refractivity contribution in [1.29, 1.82) is 0 Å². The average molecular weight is 229 g/mol. The van der Waals surface area contributed by atoms with Crippen molar-refractivity contribution in [3.05, 3.63) is 41.1 Å². The van der Waals surface area contributed by atoms with E-state index < -0.39 is 5.97 Å². The van der Waals surface area contributed by atoms with Gasteiger partial charge in [-0.2, -0.15) is 0 Å². The normalized spacial score (nSPS) is 11.1. The second kappa shape index (κ2) is 4.17. The Morgan fingerprint density at radius 1 is 1.29 bits per heavy atom. The van der Waals surface area contributed by atoms with Crippen molar-refractivity contribution in [1.82, 2.24) is 4.98 Å². The quantitative estimate of drug-likeness (QED) is 0.859. The zero-order chi connectivity index (χ0) is 12.6. The Balaban J connectivity index is 2.68. The molecule has 3 heteroatoms. The predicted molar refractivity (Wildman–Crippen MR) is 67.5 cm³/mol. The maximum atomic E-state index is 11.0. The van der Waals surface area contributed by atoms with Crippen molar-refractivity contribution in [3.8, 4) is 0 Å². The van der Waals surface area contributed by atoms with Gasteiger partial charge in [-0.15, -0.1) is 0 Å². The highest BCUT2D eigenvalue weighted by atomic mass is 16.4. The van der Waals surface area contributed by atoms with Gasteiger partial charge in [0.05, 0.1) is 16.8 Å². The number of fused-ring (bicyclic) bond motifs is 1. The molecule has 0 aliphatic heterocycles. The Labute approximate surface area is 100 Å². The van der Waals surface area contributed by atoms with Crippen LogP contribution in [-0.2, 0) is 0 Å². The van der Waals surface area contributed by atoms with E-state index in [0.717, 1.165) is 10.9 Å². The monoisotopic (exact) mass is 229 g/mol. The largest absolute Gasteiger partial charge is 0.478 e. The van der Waals surface area contributed by atoms with E-state index in [1.807, 2.05) is 18.2 Å². The first kappa shape index (κ1) is 11.6. The minimum atomic E-state index is -0.924. The van der Waals surface area contributed by atoms with E-state index in [-0.39, 0.29) is 5.56 Å². The van der Waals surface area contributed by atoms with E-state index in [0.29, 0.717) is 11.6 Å². The minimum absolute atomic E-state index is 0.276. The number of aromatic nitrogens is 1. The van der Waals surface area contributed by atoms with Gasteiger partial charge in [0, 0.05) is 5.39 Å². The second-order valence-electron chi connectivity index (χ2n) is 4.53. The number of aromatic carboxylic acids is 1. The number of nitrogens with zero attached hydrogens (tertiary/aromatic N) is 1. The molecule has 0 amide bonds. The molecule has 88 valence electrons. The molecule has 0 fully saturated rings. The number of hydrogen-bond acceptors (Lipinski definition) is 2. The fourth-order valence-electron chi connectivity index (χ4n) is 1.87. The lowest BCUT2D eigenvalue weighted by Crippen LogP contribution is -2.02. The van der Waals surface area contributed by atoms with Gasteiger partial charge in [-0.3, -0.25) is 4.98 Å². The van der Waals surface area contributed by atoms with Crippen LogP contribution >= 0.6 is 0 Å². The van der Waals surface area contributed by atoms with Gasteiger partial charge in [0.25, 0.3) is 0 Å². The van der Waals surface area contributed by atoms with Crippen molar-refractivity contribution >= 4 is 16.9 Å². The lowest BCUT2D eigenvalue weighted by molar-refractivity contribution is 0.0696. The summed E-state index contributed by atoms with van der Waals surface area (Å²) in [5, 5.41) is 9.95. The van der Waals surface area contributed by atoms with Crippen molar-refractivity contribution in [2.24, 2.45) is 0 Å². The molecule has 0 atom stereocenters. The summed E-state index contributed by atoms with van der Waals surface area (Å²) in [5.74, 6) is -0.499. The van der Waals surface area contributed by atoms with E-state index >= 15 is 0 Å². The lowest BCUT2D eigenvalue weighted by Gasteiger charge is -2.08. The van der Waals surface area contributed by atoms with Crippen LogP contribution in [0.4, 0.5) is 0 Å². The van der Waals surface area contributed by atoms with Crippen LogP contribution in [0.2, 0.25) is 0 Å². The predicted octanol–water partition coefficient (Wildman–Crippen LogP) is 3.36. The minimum Gasteiger partial charge on any atom is -0.478 e. The fourth-order valence-corrected chi connectivity index (χ4v) is 1.87. The van der Waals surface area contributed by atoms with Crippen molar-refractivity contribution in [2.75, 3.05) is 0 Å². The van der Waals surface area contributed by atoms with E-state index in [4.69, 9.17) is 5.11 Å². The highest BCUT2D eigenvalue weighted by Gasteiger charge is 2.10. The first-order valence-corrected chi connectivity index (χ1v) is 5.63. The highest BCUT2D eigenvalue weighted by molar-refractivity contribution is 5.94. The van der Waals surface area contributed by atoms with Gasteiger partial charge in [-0.1, -0.05) is 19.9 Å². The smallest absolute Gasteiger partial charge is 0.337 e. The molecule has 0 aliphatic carbocycles. The second-order valence-corrected chi connectivity index (χ2v) is 4.53. The van der Waals surface area contributed by atoms with Crippen LogP contribution in [0.3, 0.4) is 0 Å². The van der Waals surface area contributed by atoms with Gasteiger partial charge in [-0.25, -0.2) is 4.79 Å². The number of hydrogen-bond donors (Lipinski definition) is 1. The van der Waals surface area contributed by atoms with E-state index in [2.05, 4.69) is 18.8 Å². The topological polar surface area (TPSA) is 50.2 Å². The van der Waals surface area contributed by atoms with Crippen LogP contribution in [0.25, 0.3) is 10.9 Å². The molecule has 0 unspecified atom stereocenters. The van der Waals surface area contributed by atoms with Gasteiger partial charge < -0.3 is 5.11 Å². The molecule has 17 heavy (non-hydrogen) atoms. The molecule has 0 saturated heterocycles. The Morgan fingerprint density at radius 3 is 2.59 bits per heavy atom. The number of carboxylic acids is 1. The molecule has 2 rings (SSSR count). The van der Waals surface area contributed by atoms with Gasteiger partial charge >= 0.3 is 5.97 Å². The molecular weight excluding hydrogens is 214 g/mol. The fraction of sp³-hybridized carbons (Fsp3) is 0.286. The first-order valence-electron chi connectivity index (χ1n) is 5.63. The molecular formula is C14H15NO2. The summed E-state index contributed by atoms with van der Waals surface area (Å²) in [5.41, 5.74) is 2.87. The summed E-state index contributed by atoms with van der Waals surface area (Å²) < 4.78 is 0. The average Bonchev–Trinajstić information content (AvgIpc) is 2.27. The maximum Gasteiger partial charge on any atom is 0.337 e. The molecule has 1 N–H and O–H groups in total. The SMILES string of the molecule is Cc1nc2ccc(C(C)C)cc2cc1C(=O)O. The molecule has 0 aliphatic rings. The number of carboxylic acid groups (broad SMARTS) is 1. The Bertz CT molecular complexity index is 588. The molecule has 1 aromatic carbocycles. The first-order chi connectivity index (χ1) is 7.99. The van der Waals surface area contributed by atoms with Crippen LogP contribution in [0.5, 0.6) is 0 Å². The molecule has 1 aromatic heterocycles. The molecule has 0 saturated carbocycles. The summed E-state index contributed by atoms with van der Waals surface area (Å²) >= 11 is 0. The van der Waals surface area contributed by atoms with Crippen molar-refractivity contribution in [2.45, 2.75) is 26.7 Å². The van der Waals surface area contributed by atoms with E-state index in [1.165, 1.54) is 5.56 Å². The van der Waals surface area contributed by atoms with Gasteiger partial charge in [0.2, 0.25) is 0 Å². The zero-order valence-corrected chi connectivity index (χ0v) is 10.2. The Kier molecular flexibility index (Phi) is 2.84. The molecule has 3 nitrogen and oxygen atoms in total. The molecule has 0 radical (unpaired) electrons. The van der Waals surface area contributed by atoms with E-state index in [9.17, 15) is 4.79 Å². The number of benzene rings is 1. The van der Waals surface area contributed by atoms with Crippen LogP contribution in [0.1, 0.15) is 41.4 Å². The van der Waals surface area contributed by atoms with Gasteiger partial charge in [0.15, 0.2) is 0 Å². The number of aryl methyl sites for hydroxylation is 1. The lowest BCUT2D eigenvalue weighted by atomic mass is 10.00. The van der Waals surface area contributed by atoms with Crippen LogP contribution in [-0.4, -0.2) is 16.1 Å². The van der Waals surface area contributed by atoms with E-state index in [1.54, 1.807) is 13.0 Å². The molecule has 0 bridgehead atoms. The molecule has 0 spiro atoms. The highest BCUT2D eigenvalue weighted by Crippen LogP contribution is 2.22. The molecule has 2 aromatic rings. The van der Waals surface area contributed by atoms with Crippen molar-refractivity contribution < 1.29 is 9.90 Å². The van der Waals surface area contributed by atoms with Crippen molar-refractivity contribution in [3.63, 3.8) is 0 Å². The Hall–Kier alpha value is -1.90. The van der Waals surface area contributed by atoms with Crippen LogP contribution < -0.4 is 0 Å². The Morgan fingerprint density at radius 2 is 2.00 bits per heavy atom. The number of carbonyl (C=O) groups is 1. The van der Waals surface area contributed by atoms with Gasteiger partial charge in [0.1, 0.15) is 0 Å². The van der Waals surface area contributed by atoms with Crippen LogP contribution in [0.15, 0.2) is 24.3 Å². The molecule has 1 heterocycles. The zero-order valence-electron chi connectivity index (χ0n) is 10.2. The van der Waals surface area contributed by atoms with Crippen LogP contribution in [0, 0.1) is 6.92 Å². The third-order valence-corrected chi connectivity index (χ3v) is 2.93. The van der Waals surface area contributed by atoms with Gasteiger partial charge in [-0.05, 0) is 36.6 Å². The summed E-state index contributed by atoms with van der Waals surface area (Å²) in [4.78, 5) is 15.4. The maximum absolute atomic E-state index is 11.0.